The van der Waals surface area contributed by atoms with Gasteiger partial charge in [0.1, 0.15) is 42.1 Å². The van der Waals surface area contributed by atoms with E-state index in [4.69, 9.17) is 25.7 Å². The Hall–Kier alpha value is -1.83. The van der Waals surface area contributed by atoms with Crippen molar-refractivity contribution in [3.05, 3.63) is 0 Å². The quantitative estimate of drug-likeness (QED) is 0.0707. The van der Waals surface area contributed by atoms with Crippen LogP contribution in [0.15, 0.2) is 0 Å². The number of rotatable bonds is 11. The molecule has 0 spiro atoms. The van der Waals surface area contributed by atoms with Gasteiger partial charge in [0.25, 0.3) is 0 Å². The predicted octanol–water partition coefficient (Wildman–Crippen LogP) is -6.00. The standard InChI is InChI=1S/C33H57N5O11/c1-36-33(35)38-19(7-8-39)23-15(5-3-14-4-6-22(34)37-12-14)9-17-25(28(23)43)29(44)24-18(26(17)41)10-16(47-2)11-20(24)48-32-31(46)30(45)27(42)21(13-40)49-32/h14-25,27-28,30-32,37,39-40,42-43,45-46H,3-13,34H2,1-2H3,(H3,35,36,38)/p+2. The molecule has 17 unspecified atom stereocenters. The summed E-state index contributed by atoms with van der Waals surface area (Å²) in [5.74, 6) is -3.91. The van der Waals surface area contributed by atoms with Crippen LogP contribution in [-0.4, -0.2) is 143 Å². The summed E-state index contributed by atoms with van der Waals surface area (Å²) in [6.07, 6.45) is -5.62. The van der Waals surface area contributed by atoms with E-state index >= 15 is 0 Å². The number of guanidine groups is 1. The highest BCUT2D eigenvalue weighted by molar-refractivity contribution is 6.00. The Morgan fingerprint density at radius 3 is 2.37 bits per heavy atom. The van der Waals surface area contributed by atoms with E-state index < -0.39 is 91.3 Å². The van der Waals surface area contributed by atoms with Crippen LogP contribution in [0.25, 0.3) is 0 Å². The number of aliphatic hydroxyl groups is 6. The number of methoxy groups -OCH3 is 1. The van der Waals surface area contributed by atoms with Gasteiger partial charge in [0, 0.05) is 56.7 Å². The van der Waals surface area contributed by atoms with Crippen LogP contribution in [0.1, 0.15) is 51.4 Å². The summed E-state index contributed by atoms with van der Waals surface area (Å²) in [6.45, 7) is 0.0732. The Kier molecular flexibility index (Phi) is 13.1. The Morgan fingerprint density at radius 1 is 1.00 bits per heavy atom. The van der Waals surface area contributed by atoms with Crippen LogP contribution < -0.4 is 27.1 Å². The van der Waals surface area contributed by atoms with Crippen LogP contribution in [0, 0.1) is 41.4 Å². The van der Waals surface area contributed by atoms with Crippen LogP contribution in [0.3, 0.4) is 0 Å². The molecule has 3 aliphatic carbocycles. The van der Waals surface area contributed by atoms with Crippen molar-refractivity contribution in [2.75, 3.05) is 33.9 Å². The Labute approximate surface area is 286 Å². The first kappa shape index (κ1) is 38.4. The van der Waals surface area contributed by atoms with Gasteiger partial charge in [-0.15, -0.1) is 0 Å². The van der Waals surface area contributed by atoms with Gasteiger partial charge in [-0.2, -0.15) is 0 Å². The van der Waals surface area contributed by atoms with E-state index in [2.05, 4.69) is 15.6 Å². The number of hydrogen-bond acceptors (Lipinski definition) is 12. The smallest absolute Gasteiger partial charge is 0.341 e. The van der Waals surface area contributed by atoms with Gasteiger partial charge >= 0.3 is 5.96 Å². The first-order chi connectivity index (χ1) is 23.4. The van der Waals surface area contributed by atoms with Crippen LogP contribution in [0.4, 0.5) is 0 Å². The van der Waals surface area contributed by atoms with Crippen LogP contribution in [-0.2, 0) is 23.8 Å². The van der Waals surface area contributed by atoms with Crippen molar-refractivity contribution in [1.29, 1.82) is 0 Å². The highest BCUT2D eigenvalue weighted by Gasteiger charge is 2.62. The van der Waals surface area contributed by atoms with E-state index in [1.54, 1.807) is 7.05 Å². The molecule has 0 aromatic carbocycles. The predicted molar refractivity (Wildman–Crippen MR) is 172 cm³/mol. The van der Waals surface area contributed by atoms with E-state index in [1.165, 1.54) is 7.11 Å². The molecule has 0 amide bonds. The van der Waals surface area contributed by atoms with Gasteiger partial charge in [-0.25, -0.2) is 0 Å². The minimum Gasteiger partial charge on any atom is -0.396 e. The fourth-order valence-corrected chi connectivity index (χ4v) is 9.49. The number of nitrogens with two attached hydrogens (primary N) is 3. The summed E-state index contributed by atoms with van der Waals surface area (Å²) in [7, 11) is 3.17. The molecule has 14 N–H and O–H groups in total. The number of nitrogens with one attached hydrogen (secondary N) is 2. The highest BCUT2D eigenvalue weighted by Crippen LogP contribution is 2.52. The SMILES string of the molecule is C[NH+]=C(N)NC(CCO)C1C(CCC2CCC(N)[NH2+]C2)CC2C(=O)C3CC(OC)CC(OC4OC(CO)C(O)C(O)C4O)C3C(=O)C2C1O. The molecule has 5 aliphatic rings. The molecular weight excluding hydrogens is 642 g/mol. The largest absolute Gasteiger partial charge is 0.396 e. The van der Waals surface area contributed by atoms with Gasteiger partial charge in [-0.3, -0.25) is 31.4 Å². The molecule has 0 aromatic heterocycles. The van der Waals surface area contributed by atoms with Crippen LogP contribution in [0.2, 0.25) is 0 Å². The molecule has 17 atom stereocenters. The summed E-state index contributed by atoms with van der Waals surface area (Å²) in [4.78, 5) is 32.0. The van der Waals surface area contributed by atoms with Gasteiger partial charge in [-0.05, 0) is 38.0 Å². The first-order valence-electron chi connectivity index (χ1n) is 17.9. The van der Waals surface area contributed by atoms with Gasteiger partial charge in [0.2, 0.25) is 0 Å². The monoisotopic (exact) mass is 701 g/mol. The molecule has 3 saturated carbocycles. The van der Waals surface area contributed by atoms with Crippen molar-refractivity contribution in [2.45, 2.75) is 113 Å². The van der Waals surface area contributed by atoms with Crippen molar-refractivity contribution >= 4 is 17.5 Å². The normalized spacial score (nSPS) is 45.4. The molecule has 0 bridgehead atoms. The zero-order valence-electron chi connectivity index (χ0n) is 28.5. The van der Waals surface area contributed by atoms with Gasteiger partial charge in [-0.1, -0.05) is 0 Å². The number of hydrogen-bond donors (Lipinski definition) is 11. The first-order valence-corrected chi connectivity index (χ1v) is 17.9. The minimum atomic E-state index is -1.69. The molecule has 16 nitrogen and oxygen atoms in total. The average Bonchev–Trinajstić information content (AvgIpc) is 3.09. The van der Waals surface area contributed by atoms with E-state index in [-0.39, 0.29) is 55.5 Å². The lowest BCUT2D eigenvalue weighted by Crippen LogP contribution is -2.95. The molecule has 5 rings (SSSR count). The van der Waals surface area contributed by atoms with Crippen molar-refractivity contribution in [1.82, 2.24) is 5.32 Å². The third-order valence-corrected chi connectivity index (χ3v) is 12.2. The lowest BCUT2D eigenvalue weighted by Gasteiger charge is -2.53. The molecule has 0 radical (unpaired) electrons. The molecule has 16 heteroatoms. The summed E-state index contributed by atoms with van der Waals surface area (Å²) < 4.78 is 17.5. The summed E-state index contributed by atoms with van der Waals surface area (Å²) in [5, 5.41) is 68.7. The van der Waals surface area contributed by atoms with Gasteiger partial charge in [0.15, 0.2) is 6.29 Å². The second kappa shape index (κ2) is 16.7. The maximum Gasteiger partial charge on any atom is 0.341 e. The highest BCUT2D eigenvalue weighted by atomic mass is 16.7. The van der Waals surface area contributed by atoms with Crippen LogP contribution >= 0.6 is 0 Å². The fourth-order valence-electron chi connectivity index (χ4n) is 9.49. The zero-order chi connectivity index (χ0) is 35.6. The third-order valence-electron chi connectivity index (χ3n) is 12.2. The molecule has 0 aromatic rings. The van der Waals surface area contributed by atoms with Crippen molar-refractivity contribution < 1.29 is 64.7 Å². The maximum absolute atomic E-state index is 14.7. The molecular formula is C33H59N5O11+2. The second-order valence-electron chi connectivity index (χ2n) is 14.9. The molecule has 2 heterocycles. The summed E-state index contributed by atoms with van der Waals surface area (Å²) in [5.41, 5.74) is 12.2. The van der Waals surface area contributed by atoms with E-state index in [0.29, 0.717) is 12.3 Å². The number of Topliss-reactive ketones (excluding diaryl/α,β-unsaturated/α-hetero) is 2. The van der Waals surface area contributed by atoms with Crippen molar-refractivity contribution in [3.8, 4) is 0 Å². The third kappa shape index (κ3) is 7.99. The second-order valence-corrected chi connectivity index (χ2v) is 14.9. The number of ether oxygens (including phenoxy) is 3. The number of carbonyl (C=O) groups is 2. The Morgan fingerprint density at radius 2 is 1.73 bits per heavy atom. The number of aliphatic hydroxyl groups excluding tert-OH is 6. The van der Waals surface area contributed by atoms with E-state index in [0.717, 1.165) is 32.2 Å². The number of quaternary nitrogens is 1. The molecule has 280 valence electrons. The van der Waals surface area contributed by atoms with Gasteiger partial charge < -0.3 is 50.2 Å². The molecule has 5 fully saturated rings. The van der Waals surface area contributed by atoms with Gasteiger partial charge in [0.05, 0.1) is 56.4 Å². The van der Waals surface area contributed by atoms with Crippen molar-refractivity contribution in [2.24, 2.45) is 52.9 Å². The lowest BCUT2D eigenvalue weighted by molar-refractivity contribution is -0.702. The molecule has 2 aliphatic heterocycles. The maximum atomic E-state index is 14.7. The minimum absolute atomic E-state index is 0.0956. The van der Waals surface area contributed by atoms with E-state index in [9.17, 15) is 40.2 Å². The average molecular weight is 702 g/mol. The van der Waals surface area contributed by atoms with Crippen LogP contribution in [0.5, 0.6) is 0 Å². The number of carbonyl (C=O) groups excluding carboxylic acids is 2. The fraction of sp³-hybridized carbons (Fsp3) is 0.909. The number of fused-ring (bicyclic) bond motifs is 2. The van der Waals surface area contributed by atoms with Crippen molar-refractivity contribution in [3.63, 3.8) is 0 Å². The lowest BCUT2D eigenvalue weighted by atomic mass is 9.52. The number of piperidine rings is 1. The summed E-state index contributed by atoms with van der Waals surface area (Å²) >= 11 is 0. The number of ketones is 2. The molecule has 49 heavy (non-hydrogen) atoms. The molecule has 2 saturated heterocycles. The Bertz CT molecular complexity index is 1160. The summed E-state index contributed by atoms with van der Waals surface area (Å²) in [6, 6.07) is -0.490. The van der Waals surface area contributed by atoms with E-state index in [1.807, 2.05) is 0 Å². The topological polar surface area (TPSA) is 278 Å². The Balaban J connectivity index is 1.44. The zero-order valence-corrected chi connectivity index (χ0v) is 28.5.